The number of ether oxygens (including phenoxy) is 1. The van der Waals surface area contributed by atoms with E-state index in [0.717, 1.165) is 11.1 Å². The lowest BCUT2D eigenvalue weighted by Gasteiger charge is -2.15. The molecule has 2 N–H and O–H groups in total. The molecule has 0 atom stereocenters. The largest absolute Gasteiger partial charge is 0.448 e. The molecule has 136 valence electrons. The number of anilines is 1. The third kappa shape index (κ3) is 3.42. The first-order valence-corrected chi connectivity index (χ1v) is 9.06. The van der Waals surface area contributed by atoms with Crippen LogP contribution in [0.3, 0.4) is 0 Å². The van der Waals surface area contributed by atoms with Crippen LogP contribution in [0, 0.1) is 0 Å². The van der Waals surface area contributed by atoms with E-state index < -0.39 is 6.09 Å². The molecule has 3 aromatic carbocycles. The molecule has 27 heavy (non-hydrogen) atoms. The number of aliphatic hydroxyl groups excluding tert-OH is 1. The van der Waals surface area contributed by atoms with Crippen LogP contribution >= 0.6 is 11.6 Å². The Bertz CT molecular complexity index is 957. The minimum atomic E-state index is -0.561. The van der Waals surface area contributed by atoms with Gasteiger partial charge in [0, 0.05) is 22.2 Å². The number of hydrogen-bond acceptors (Lipinski definition) is 3. The summed E-state index contributed by atoms with van der Waals surface area (Å²) >= 11 is 5.92. The molecular weight excluding hydrogens is 362 g/mol. The predicted molar refractivity (Wildman–Crippen MR) is 106 cm³/mol. The maximum absolute atomic E-state index is 12.3. The van der Waals surface area contributed by atoms with Gasteiger partial charge >= 0.3 is 6.09 Å². The van der Waals surface area contributed by atoms with Crippen LogP contribution < -0.4 is 5.32 Å². The van der Waals surface area contributed by atoms with E-state index in [9.17, 15) is 9.90 Å². The van der Waals surface area contributed by atoms with Crippen molar-refractivity contribution in [3.05, 3.63) is 88.4 Å². The van der Waals surface area contributed by atoms with Crippen LogP contribution in [-0.2, 0) is 11.3 Å². The van der Waals surface area contributed by atoms with Crippen LogP contribution in [0.4, 0.5) is 10.5 Å². The first-order valence-electron chi connectivity index (χ1n) is 8.68. The van der Waals surface area contributed by atoms with Gasteiger partial charge in [0.05, 0.1) is 6.61 Å². The number of carbonyl (C=O) groups is 1. The van der Waals surface area contributed by atoms with Crippen molar-refractivity contribution in [2.45, 2.75) is 12.5 Å². The van der Waals surface area contributed by atoms with Gasteiger partial charge in [-0.2, -0.15) is 0 Å². The lowest BCUT2D eigenvalue weighted by molar-refractivity contribution is 0.158. The van der Waals surface area contributed by atoms with Gasteiger partial charge in [0.1, 0.15) is 6.61 Å². The Morgan fingerprint density at radius 2 is 1.63 bits per heavy atom. The van der Waals surface area contributed by atoms with Crippen molar-refractivity contribution in [1.29, 1.82) is 0 Å². The van der Waals surface area contributed by atoms with Crippen molar-refractivity contribution >= 4 is 23.4 Å². The molecule has 5 heteroatoms. The van der Waals surface area contributed by atoms with E-state index in [4.69, 9.17) is 16.3 Å². The first kappa shape index (κ1) is 17.6. The van der Waals surface area contributed by atoms with Gasteiger partial charge in [-0.05, 0) is 40.5 Å². The minimum absolute atomic E-state index is 0.00526. The Hall–Kier alpha value is -2.82. The van der Waals surface area contributed by atoms with Gasteiger partial charge in [0.25, 0.3) is 0 Å². The lowest BCUT2D eigenvalue weighted by atomic mass is 9.98. The Balaban J connectivity index is 1.50. The van der Waals surface area contributed by atoms with E-state index in [-0.39, 0.29) is 19.1 Å². The number of nitrogens with one attached hydrogen (secondary N) is 1. The first-order chi connectivity index (χ1) is 13.2. The Morgan fingerprint density at radius 3 is 2.26 bits per heavy atom. The third-order valence-corrected chi connectivity index (χ3v) is 5.05. The topological polar surface area (TPSA) is 58.6 Å². The SMILES string of the molecule is O=C(Nc1ccc(Cl)cc1CO)OCC1c2ccccc2-c2ccccc21. The van der Waals surface area contributed by atoms with Crippen LogP contribution in [0.1, 0.15) is 22.6 Å². The lowest BCUT2D eigenvalue weighted by Crippen LogP contribution is -2.18. The summed E-state index contributed by atoms with van der Waals surface area (Å²) in [6.45, 7) is 0.0153. The van der Waals surface area contributed by atoms with Gasteiger partial charge < -0.3 is 9.84 Å². The summed E-state index contributed by atoms with van der Waals surface area (Å²) in [5.41, 5.74) is 5.71. The number of halogens is 1. The van der Waals surface area contributed by atoms with Gasteiger partial charge in [-0.15, -0.1) is 0 Å². The molecule has 1 aliphatic rings. The summed E-state index contributed by atoms with van der Waals surface area (Å²) in [5, 5.41) is 12.6. The number of hydrogen-bond donors (Lipinski definition) is 2. The summed E-state index contributed by atoms with van der Waals surface area (Å²) in [6.07, 6.45) is -0.561. The zero-order chi connectivity index (χ0) is 18.8. The van der Waals surface area contributed by atoms with E-state index in [1.807, 2.05) is 24.3 Å². The summed E-state index contributed by atoms with van der Waals surface area (Å²) in [4.78, 5) is 12.3. The molecule has 0 aliphatic heterocycles. The highest BCUT2D eigenvalue weighted by Crippen LogP contribution is 2.44. The van der Waals surface area contributed by atoms with Crippen molar-refractivity contribution in [2.75, 3.05) is 11.9 Å². The minimum Gasteiger partial charge on any atom is -0.448 e. The van der Waals surface area contributed by atoms with Crippen LogP contribution in [-0.4, -0.2) is 17.8 Å². The van der Waals surface area contributed by atoms with Crippen molar-refractivity contribution in [1.82, 2.24) is 0 Å². The molecule has 1 amide bonds. The summed E-state index contributed by atoms with van der Waals surface area (Å²) in [7, 11) is 0. The van der Waals surface area contributed by atoms with Gasteiger partial charge in [0.15, 0.2) is 0 Å². The number of aliphatic hydroxyl groups is 1. The summed E-state index contributed by atoms with van der Waals surface area (Å²) in [5.74, 6) is 0.00526. The normalized spacial score (nSPS) is 12.4. The Morgan fingerprint density at radius 1 is 1.00 bits per heavy atom. The molecule has 0 fully saturated rings. The Kier molecular flexibility index (Phi) is 4.84. The second-order valence-corrected chi connectivity index (χ2v) is 6.85. The molecule has 0 unspecified atom stereocenters. The molecule has 4 nitrogen and oxygen atoms in total. The average Bonchev–Trinajstić information content (AvgIpc) is 3.01. The van der Waals surface area contributed by atoms with Crippen molar-refractivity contribution in [2.24, 2.45) is 0 Å². The second-order valence-electron chi connectivity index (χ2n) is 6.41. The van der Waals surface area contributed by atoms with Gasteiger partial charge in [-0.3, -0.25) is 5.32 Å². The molecule has 0 saturated carbocycles. The van der Waals surface area contributed by atoms with E-state index in [1.165, 1.54) is 11.1 Å². The van der Waals surface area contributed by atoms with E-state index in [2.05, 4.69) is 29.6 Å². The molecule has 4 rings (SSSR count). The number of benzene rings is 3. The average molecular weight is 380 g/mol. The van der Waals surface area contributed by atoms with Crippen molar-refractivity contribution in [3.63, 3.8) is 0 Å². The standard InChI is InChI=1S/C22H18ClNO3/c23-15-9-10-21(14(11-15)12-25)24-22(26)27-13-20-18-7-3-1-5-16(18)17-6-2-4-8-19(17)20/h1-11,20,25H,12-13H2,(H,24,26). The van der Waals surface area contributed by atoms with Crippen LogP contribution in [0.15, 0.2) is 66.7 Å². The quantitative estimate of drug-likeness (QED) is 0.655. The maximum Gasteiger partial charge on any atom is 0.411 e. The maximum atomic E-state index is 12.3. The Labute approximate surface area is 162 Å². The summed E-state index contributed by atoms with van der Waals surface area (Å²) < 4.78 is 5.51. The molecule has 3 aromatic rings. The number of fused-ring (bicyclic) bond motifs is 3. The monoisotopic (exact) mass is 379 g/mol. The molecular formula is C22H18ClNO3. The third-order valence-electron chi connectivity index (χ3n) is 4.82. The molecule has 0 spiro atoms. The fourth-order valence-corrected chi connectivity index (χ4v) is 3.75. The molecule has 0 heterocycles. The number of rotatable bonds is 4. The van der Waals surface area contributed by atoms with Crippen molar-refractivity contribution in [3.8, 4) is 11.1 Å². The van der Waals surface area contributed by atoms with Crippen LogP contribution in [0.25, 0.3) is 11.1 Å². The van der Waals surface area contributed by atoms with Gasteiger partial charge in [-0.25, -0.2) is 4.79 Å². The van der Waals surface area contributed by atoms with E-state index in [1.54, 1.807) is 18.2 Å². The van der Waals surface area contributed by atoms with Crippen molar-refractivity contribution < 1.29 is 14.6 Å². The van der Waals surface area contributed by atoms with Crippen LogP contribution in [0.5, 0.6) is 0 Å². The van der Waals surface area contributed by atoms with Gasteiger partial charge in [0.2, 0.25) is 0 Å². The summed E-state index contributed by atoms with van der Waals surface area (Å²) in [6, 6.07) is 21.3. The second kappa shape index (κ2) is 7.43. The highest BCUT2D eigenvalue weighted by Gasteiger charge is 2.29. The zero-order valence-electron chi connectivity index (χ0n) is 14.5. The molecule has 0 aromatic heterocycles. The van der Waals surface area contributed by atoms with Gasteiger partial charge in [-0.1, -0.05) is 60.1 Å². The zero-order valence-corrected chi connectivity index (χ0v) is 15.2. The smallest absolute Gasteiger partial charge is 0.411 e. The van der Waals surface area contributed by atoms with Crippen LogP contribution in [0.2, 0.25) is 5.02 Å². The number of amides is 1. The molecule has 0 bridgehead atoms. The van der Waals surface area contributed by atoms with E-state index >= 15 is 0 Å². The highest BCUT2D eigenvalue weighted by atomic mass is 35.5. The molecule has 1 aliphatic carbocycles. The molecule has 0 saturated heterocycles. The fraction of sp³-hybridized carbons (Fsp3) is 0.136. The molecule has 0 radical (unpaired) electrons. The van der Waals surface area contributed by atoms with E-state index in [0.29, 0.717) is 16.3 Å². The predicted octanol–water partition coefficient (Wildman–Crippen LogP) is 5.19. The highest BCUT2D eigenvalue weighted by molar-refractivity contribution is 6.30. The fourth-order valence-electron chi connectivity index (χ4n) is 3.56. The number of carbonyl (C=O) groups excluding carboxylic acids is 1.